The minimum Gasteiger partial charge on any atom is -0.496 e. The molecule has 2 rings (SSSR count). The van der Waals surface area contributed by atoms with E-state index in [1.54, 1.807) is 31.4 Å². The number of aliphatic hydroxyl groups is 1. The summed E-state index contributed by atoms with van der Waals surface area (Å²) >= 11 is 15.2. The van der Waals surface area contributed by atoms with Gasteiger partial charge in [-0.25, -0.2) is 0 Å². The van der Waals surface area contributed by atoms with Crippen molar-refractivity contribution in [2.75, 3.05) is 7.11 Å². The SMILES string of the molecule is COc1ccc(Br)cc1C(O)c1ccc(Cl)c(Cl)c1. The zero-order valence-corrected chi connectivity index (χ0v) is 13.1. The van der Waals surface area contributed by atoms with Gasteiger partial charge in [-0.15, -0.1) is 0 Å². The van der Waals surface area contributed by atoms with E-state index in [9.17, 15) is 5.11 Å². The molecule has 1 atom stereocenters. The second-order valence-corrected chi connectivity index (χ2v) is 5.69. The van der Waals surface area contributed by atoms with Crippen molar-refractivity contribution in [2.24, 2.45) is 0 Å². The van der Waals surface area contributed by atoms with Crippen molar-refractivity contribution in [3.05, 3.63) is 62.0 Å². The molecule has 0 heterocycles. The Labute approximate surface area is 130 Å². The molecular weight excluding hydrogens is 351 g/mol. The summed E-state index contributed by atoms with van der Waals surface area (Å²) in [7, 11) is 1.56. The van der Waals surface area contributed by atoms with Crippen molar-refractivity contribution >= 4 is 39.1 Å². The first kappa shape index (κ1) is 14.7. The summed E-state index contributed by atoms with van der Waals surface area (Å²) in [6, 6.07) is 10.5. The molecule has 5 heteroatoms. The second kappa shape index (κ2) is 6.14. The molecule has 19 heavy (non-hydrogen) atoms. The fourth-order valence-electron chi connectivity index (χ4n) is 1.78. The summed E-state index contributed by atoms with van der Waals surface area (Å²) in [5, 5.41) is 11.3. The van der Waals surface area contributed by atoms with Crippen molar-refractivity contribution in [2.45, 2.75) is 6.10 Å². The van der Waals surface area contributed by atoms with Crippen LogP contribution >= 0.6 is 39.1 Å². The van der Waals surface area contributed by atoms with Crippen molar-refractivity contribution in [1.29, 1.82) is 0 Å². The maximum absolute atomic E-state index is 10.4. The van der Waals surface area contributed by atoms with Crippen molar-refractivity contribution in [3.8, 4) is 5.75 Å². The number of ether oxygens (including phenoxy) is 1. The highest BCUT2D eigenvalue weighted by molar-refractivity contribution is 9.10. The van der Waals surface area contributed by atoms with E-state index in [2.05, 4.69) is 15.9 Å². The van der Waals surface area contributed by atoms with E-state index < -0.39 is 6.10 Å². The minimum atomic E-state index is -0.831. The van der Waals surface area contributed by atoms with Gasteiger partial charge >= 0.3 is 0 Å². The molecule has 0 aliphatic carbocycles. The van der Waals surface area contributed by atoms with E-state index in [-0.39, 0.29) is 0 Å². The van der Waals surface area contributed by atoms with Crippen molar-refractivity contribution in [1.82, 2.24) is 0 Å². The Morgan fingerprint density at radius 2 is 1.84 bits per heavy atom. The maximum atomic E-state index is 10.4. The summed E-state index contributed by atoms with van der Waals surface area (Å²) in [4.78, 5) is 0. The first-order valence-electron chi connectivity index (χ1n) is 5.49. The lowest BCUT2D eigenvalue weighted by atomic mass is 10.0. The van der Waals surface area contributed by atoms with Crippen LogP contribution < -0.4 is 4.74 Å². The highest BCUT2D eigenvalue weighted by Crippen LogP contribution is 2.34. The van der Waals surface area contributed by atoms with E-state index in [4.69, 9.17) is 27.9 Å². The van der Waals surface area contributed by atoms with Gasteiger partial charge in [-0.05, 0) is 35.9 Å². The van der Waals surface area contributed by atoms with Gasteiger partial charge in [0.15, 0.2) is 0 Å². The second-order valence-electron chi connectivity index (χ2n) is 3.96. The third-order valence-corrected chi connectivity index (χ3v) is 3.98. The van der Waals surface area contributed by atoms with Crippen LogP contribution in [0.2, 0.25) is 10.0 Å². The van der Waals surface area contributed by atoms with Gasteiger partial charge in [0.25, 0.3) is 0 Å². The summed E-state index contributed by atoms with van der Waals surface area (Å²) in [6.07, 6.45) is -0.831. The molecule has 0 spiro atoms. The number of aliphatic hydroxyl groups excluding tert-OH is 1. The van der Waals surface area contributed by atoms with Gasteiger partial charge < -0.3 is 9.84 Å². The molecule has 0 radical (unpaired) electrons. The lowest BCUT2D eigenvalue weighted by Gasteiger charge is -2.16. The van der Waals surface area contributed by atoms with E-state index in [1.165, 1.54) is 0 Å². The van der Waals surface area contributed by atoms with Crippen molar-refractivity contribution in [3.63, 3.8) is 0 Å². The van der Waals surface area contributed by atoms with E-state index in [0.29, 0.717) is 26.9 Å². The molecule has 0 saturated carbocycles. The number of benzene rings is 2. The Morgan fingerprint density at radius 3 is 2.47 bits per heavy atom. The zero-order chi connectivity index (χ0) is 14.0. The summed E-state index contributed by atoms with van der Waals surface area (Å²) in [5.74, 6) is 0.613. The molecule has 2 aromatic rings. The molecule has 0 aliphatic heterocycles. The predicted molar refractivity (Wildman–Crippen MR) is 81.2 cm³/mol. The number of halogens is 3. The van der Waals surface area contributed by atoms with Crippen LogP contribution in [0.3, 0.4) is 0 Å². The van der Waals surface area contributed by atoms with E-state index in [0.717, 1.165) is 4.47 Å². The van der Waals surface area contributed by atoms with Gasteiger partial charge in [0.05, 0.1) is 17.2 Å². The average molecular weight is 362 g/mol. The van der Waals surface area contributed by atoms with Crippen LogP contribution in [0.25, 0.3) is 0 Å². The number of hydrogen-bond acceptors (Lipinski definition) is 2. The molecule has 2 aromatic carbocycles. The molecule has 0 amide bonds. The van der Waals surface area contributed by atoms with Crippen LogP contribution in [0.5, 0.6) is 5.75 Å². The minimum absolute atomic E-state index is 0.409. The summed E-state index contributed by atoms with van der Waals surface area (Å²) < 4.78 is 6.12. The van der Waals surface area contributed by atoms with Gasteiger partial charge in [0.2, 0.25) is 0 Å². The van der Waals surface area contributed by atoms with Crippen LogP contribution in [-0.2, 0) is 0 Å². The topological polar surface area (TPSA) is 29.5 Å². The predicted octanol–water partition coefficient (Wildman–Crippen LogP) is 4.85. The third-order valence-electron chi connectivity index (χ3n) is 2.75. The molecule has 0 bridgehead atoms. The highest BCUT2D eigenvalue weighted by Gasteiger charge is 2.16. The van der Waals surface area contributed by atoms with Crippen LogP contribution in [0.15, 0.2) is 40.9 Å². The van der Waals surface area contributed by atoms with E-state index >= 15 is 0 Å². The molecule has 2 nitrogen and oxygen atoms in total. The molecule has 100 valence electrons. The Bertz CT molecular complexity index is 602. The fourth-order valence-corrected chi connectivity index (χ4v) is 2.47. The Hall–Kier alpha value is -0.740. The van der Waals surface area contributed by atoms with Gasteiger partial charge in [-0.3, -0.25) is 0 Å². The fraction of sp³-hybridized carbons (Fsp3) is 0.143. The lowest BCUT2D eigenvalue weighted by Crippen LogP contribution is -2.02. The monoisotopic (exact) mass is 360 g/mol. The summed E-state index contributed by atoms with van der Waals surface area (Å²) in [5.41, 5.74) is 1.32. The van der Waals surface area contributed by atoms with Crippen LogP contribution in [0, 0.1) is 0 Å². The standard InChI is InChI=1S/C14H11BrCl2O2/c1-19-13-5-3-9(15)7-10(13)14(18)8-2-4-11(16)12(17)6-8/h2-7,14,18H,1H3. The normalized spacial score (nSPS) is 12.3. The number of hydrogen-bond donors (Lipinski definition) is 1. The van der Waals surface area contributed by atoms with Gasteiger partial charge in [0.1, 0.15) is 11.9 Å². The van der Waals surface area contributed by atoms with Gasteiger partial charge in [-0.1, -0.05) is 45.2 Å². The molecular formula is C14H11BrCl2O2. The molecule has 0 fully saturated rings. The Kier molecular flexibility index (Phi) is 4.74. The molecule has 0 saturated heterocycles. The van der Waals surface area contributed by atoms with Gasteiger partial charge in [0, 0.05) is 10.0 Å². The largest absolute Gasteiger partial charge is 0.496 e. The lowest BCUT2D eigenvalue weighted by molar-refractivity contribution is 0.214. The van der Waals surface area contributed by atoms with Crippen LogP contribution in [0.1, 0.15) is 17.2 Å². The quantitative estimate of drug-likeness (QED) is 0.846. The van der Waals surface area contributed by atoms with Crippen LogP contribution in [-0.4, -0.2) is 12.2 Å². The molecule has 0 aromatic heterocycles. The Morgan fingerprint density at radius 1 is 1.11 bits per heavy atom. The van der Waals surface area contributed by atoms with Crippen LogP contribution in [0.4, 0.5) is 0 Å². The van der Waals surface area contributed by atoms with Gasteiger partial charge in [-0.2, -0.15) is 0 Å². The number of rotatable bonds is 3. The van der Waals surface area contributed by atoms with E-state index in [1.807, 2.05) is 12.1 Å². The average Bonchev–Trinajstić information content (AvgIpc) is 2.41. The molecule has 1 N–H and O–H groups in total. The Balaban J connectivity index is 2.45. The summed E-state index contributed by atoms with van der Waals surface area (Å²) in [6.45, 7) is 0. The highest BCUT2D eigenvalue weighted by atomic mass is 79.9. The number of methoxy groups -OCH3 is 1. The molecule has 1 unspecified atom stereocenters. The van der Waals surface area contributed by atoms with Crippen molar-refractivity contribution < 1.29 is 9.84 Å². The first-order chi connectivity index (χ1) is 9.02. The third kappa shape index (κ3) is 3.23. The first-order valence-corrected chi connectivity index (χ1v) is 7.04. The molecule has 0 aliphatic rings. The maximum Gasteiger partial charge on any atom is 0.125 e. The smallest absolute Gasteiger partial charge is 0.125 e. The zero-order valence-electron chi connectivity index (χ0n) is 10.0.